The van der Waals surface area contributed by atoms with Crippen LogP contribution < -0.4 is 10.1 Å². The van der Waals surface area contributed by atoms with E-state index >= 15 is 0 Å². The molecule has 0 aromatic heterocycles. The number of rotatable bonds is 10. The third-order valence-corrected chi connectivity index (χ3v) is 4.80. The van der Waals surface area contributed by atoms with Crippen molar-refractivity contribution in [2.24, 2.45) is 5.92 Å². The zero-order valence-electron chi connectivity index (χ0n) is 15.3. The van der Waals surface area contributed by atoms with Crippen LogP contribution in [0, 0.1) is 5.92 Å². The maximum Gasteiger partial charge on any atom is 0.303 e. The molecule has 2 N–H and O–H groups in total. The van der Waals surface area contributed by atoms with E-state index in [4.69, 9.17) is 9.84 Å². The quantitative estimate of drug-likeness (QED) is 0.627. The molecule has 0 radical (unpaired) electrons. The summed E-state index contributed by atoms with van der Waals surface area (Å²) in [5.41, 5.74) is 2.29. The van der Waals surface area contributed by atoms with Crippen LogP contribution in [-0.4, -0.2) is 23.5 Å². The number of nitrogens with one attached hydrogen (secondary N) is 1. The van der Waals surface area contributed by atoms with Crippen LogP contribution in [0.4, 0.5) is 0 Å². The largest absolute Gasteiger partial charge is 0.489 e. The van der Waals surface area contributed by atoms with Crippen molar-refractivity contribution in [3.63, 3.8) is 0 Å². The average molecular weight is 367 g/mol. The van der Waals surface area contributed by atoms with Gasteiger partial charge < -0.3 is 15.2 Å². The maximum absolute atomic E-state index is 12.2. The van der Waals surface area contributed by atoms with Crippen LogP contribution in [0.1, 0.15) is 42.7 Å². The lowest BCUT2D eigenvalue weighted by Gasteiger charge is -2.08. The molecule has 0 saturated heterocycles. The first-order chi connectivity index (χ1) is 13.1. The Kier molecular flexibility index (Phi) is 6.47. The van der Waals surface area contributed by atoms with Crippen LogP contribution in [0.3, 0.4) is 0 Å². The fourth-order valence-corrected chi connectivity index (χ4v) is 3.15. The number of carboxylic acids is 1. The number of carbonyl (C=O) groups is 2. The number of hydrogen-bond donors (Lipinski definition) is 2. The molecule has 1 aliphatic rings. The van der Waals surface area contributed by atoms with E-state index in [-0.39, 0.29) is 24.2 Å². The number of aliphatic carboxylic acids is 1. The van der Waals surface area contributed by atoms with Crippen molar-refractivity contribution in [2.75, 3.05) is 6.54 Å². The minimum absolute atomic E-state index is 0.0283. The Morgan fingerprint density at radius 3 is 2.48 bits per heavy atom. The van der Waals surface area contributed by atoms with E-state index in [0.717, 1.165) is 23.3 Å². The Hall–Kier alpha value is -2.82. The van der Waals surface area contributed by atoms with Crippen molar-refractivity contribution in [3.8, 4) is 5.75 Å². The molecule has 1 saturated carbocycles. The Balaban J connectivity index is 1.39. The Labute approximate surface area is 159 Å². The molecule has 0 heterocycles. The van der Waals surface area contributed by atoms with Gasteiger partial charge in [0.05, 0.1) is 0 Å². The van der Waals surface area contributed by atoms with Gasteiger partial charge in [-0.3, -0.25) is 9.59 Å². The molecular weight excluding hydrogens is 342 g/mol. The molecule has 5 nitrogen and oxygen atoms in total. The van der Waals surface area contributed by atoms with Crippen molar-refractivity contribution < 1.29 is 19.4 Å². The van der Waals surface area contributed by atoms with E-state index in [9.17, 15) is 9.59 Å². The molecule has 27 heavy (non-hydrogen) atoms. The van der Waals surface area contributed by atoms with E-state index in [2.05, 4.69) is 5.32 Å². The van der Waals surface area contributed by atoms with Gasteiger partial charge in [-0.1, -0.05) is 42.5 Å². The number of benzene rings is 2. The molecule has 2 aromatic rings. The van der Waals surface area contributed by atoms with E-state index in [1.807, 2.05) is 54.6 Å². The molecule has 3 rings (SSSR count). The molecule has 5 heteroatoms. The molecule has 1 aliphatic carbocycles. The fraction of sp³-hybridized carbons (Fsp3) is 0.364. The standard InChI is InChI=1S/C22H25NO4/c24-21(25)8-4-5-13-23-22(26)20-14-19(20)17-9-11-18(12-10-17)27-15-16-6-2-1-3-7-16/h1-3,6-7,9-12,19-20H,4-5,8,13-15H2,(H,23,26)(H,24,25). The van der Waals surface area contributed by atoms with Gasteiger partial charge in [0.2, 0.25) is 5.91 Å². The molecule has 0 aliphatic heterocycles. The van der Waals surface area contributed by atoms with Gasteiger partial charge in [0, 0.05) is 18.9 Å². The number of ether oxygens (including phenoxy) is 1. The van der Waals surface area contributed by atoms with Gasteiger partial charge in [0.25, 0.3) is 0 Å². The second kappa shape index (κ2) is 9.21. The summed E-state index contributed by atoms with van der Waals surface area (Å²) in [7, 11) is 0. The molecule has 0 bridgehead atoms. The lowest BCUT2D eigenvalue weighted by Crippen LogP contribution is -2.26. The summed E-state index contributed by atoms with van der Waals surface area (Å²) >= 11 is 0. The van der Waals surface area contributed by atoms with Gasteiger partial charge in [0.15, 0.2) is 0 Å². The summed E-state index contributed by atoms with van der Waals surface area (Å²) < 4.78 is 5.79. The third-order valence-electron chi connectivity index (χ3n) is 4.80. The summed E-state index contributed by atoms with van der Waals surface area (Å²) in [4.78, 5) is 22.6. The molecule has 2 atom stereocenters. The molecule has 2 aromatic carbocycles. The highest BCUT2D eigenvalue weighted by Gasteiger charge is 2.43. The van der Waals surface area contributed by atoms with Crippen molar-refractivity contribution in [3.05, 3.63) is 65.7 Å². The number of hydrogen-bond acceptors (Lipinski definition) is 3. The second-order valence-corrected chi connectivity index (χ2v) is 6.93. The summed E-state index contributed by atoms with van der Waals surface area (Å²) in [6.45, 7) is 1.08. The molecule has 2 unspecified atom stereocenters. The van der Waals surface area contributed by atoms with Crippen molar-refractivity contribution in [1.29, 1.82) is 0 Å². The Morgan fingerprint density at radius 1 is 1.04 bits per heavy atom. The van der Waals surface area contributed by atoms with Gasteiger partial charge >= 0.3 is 5.97 Å². The maximum atomic E-state index is 12.2. The molecule has 1 fully saturated rings. The fourth-order valence-electron chi connectivity index (χ4n) is 3.15. The van der Waals surface area contributed by atoms with Gasteiger partial charge in [-0.15, -0.1) is 0 Å². The smallest absolute Gasteiger partial charge is 0.303 e. The predicted octanol–water partition coefficient (Wildman–Crippen LogP) is 3.74. The van der Waals surface area contributed by atoms with Crippen molar-refractivity contribution >= 4 is 11.9 Å². The Bertz CT molecular complexity index is 758. The monoisotopic (exact) mass is 367 g/mol. The molecular formula is C22H25NO4. The van der Waals surface area contributed by atoms with Crippen molar-refractivity contribution in [2.45, 2.75) is 38.2 Å². The van der Waals surface area contributed by atoms with Crippen LogP contribution in [0.25, 0.3) is 0 Å². The summed E-state index contributed by atoms with van der Waals surface area (Å²) in [6.07, 6.45) is 2.31. The SMILES string of the molecule is O=C(O)CCCCNC(=O)C1CC1c1ccc(OCc2ccccc2)cc1. The summed E-state index contributed by atoms with van der Waals surface area (Å²) in [5, 5.41) is 11.5. The number of carbonyl (C=O) groups excluding carboxylic acids is 1. The van der Waals surface area contributed by atoms with Crippen LogP contribution in [0.5, 0.6) is 5.75 Å². The summed E-state index contributed by atoms with van der Waals surface area (Å²) in [6, 6.07) is 18.0. The average Bonchev–Trinajstić information content (AvgIpc) is 3.48. The normalized spacial score (nSPS) is 17.9. The number of carboxylic acid groups (broad SMARTS) is 1. The lowest BCUT2D eigenvalue weighted by atomic mass is 10.1. The molecule has 1 amide bonds. The lowest BCUT2D eigenvalue weighted by molar-refractivity contribution is -0.137. The van der Waals surface area contributed by atoms with Crippen LogP contribution in [0.15, 0.2) is 54.6 Å². The van der Waals surface area contributed by atoms with E-state index < -0.39 is 5.97 Å². The van der Waals surface area contributed by atoms with Gasteiger partial charge in [0.1, 0.15) is 12.4 Å². The highest BCUT2D eigenvalue weighted by Crippen LogP contribution is 2.47. The number of amides is 1. The first kappa shape index (κ1) is 19.0. The predicted molar refractivity (Wildman–Crippen MR) is 103 cm³/mol. The Morgan fingerprint density at radius 2 is 1.78 bits per heavy atom. The number of unbranched alkanes of at least 4 members (excludes halogenated alkanes) is 1. The third kappa shape index (κ3) is 5.84. The highest BCUT2D eigenvalue weighted by atomic mass is 16.5. The first-order valence-electron chi connectivity index (χ1n) is 9.39. The molecule has 142 valence electrons. The zero-order chi connectivity index (χ0) is 19.1. The van der Waals surface area contributed by atoms with Gasteiger partial charge in [-0.25, -0.2) is 0 Å². The summed E-state index contributed by atoms with van der Waals surface area (Å²) in [5.74, 6) is 0.398. The zero-order valence-corrected chi connectivity index (χ0v) is 15.3. The van der Waals surface area contributed by atoms with Crippen LogP contribution in [-0.2, 0) is 16.2 Å². The van der Waals surface area contributed by atoms with Gasteiger partial charge in [-0.2, -0.15) is 0 Å². The van der Waals surface area contributed by atoms with E-state index in [0.29, 0.717) is 26.0 Å². The molecule has 0 spiro atoms. The van der Waals surface area contributed by atoms with Crippen molar-refractivity contribution in [1.82, 2.24) is 5.32 Å². The highest BCUT2D eigenvalue weighted by molar-refractivity contribution is 5.82. The van der Waals surface area contributed by atoms with E-state index in [1.54, 1.807) is 0 Å². The minimum Gasteiger partial charge on any atom is -0.489 e. The van der Waals surface area contributed by atoms with E-state index in [1.165, 1.54) is 0 Å². The topological polar surface area (TPSA) is 75.6 Å². The van der Waals surface area contributed by atoms with Crippen LogP contribution in [0.2, 0.25) is 0 Å². The van der Waals surface area contributed by atoms with Crippen LogP contribution >= 0.6 is 0 Å². The second-order valence-electron chi connectivity index (χ2n) is 6.93. The first-order valence-corrected chi connectivity index (χ1v) is 9.39. The minimum atomic E-state index is -0.792. The van der Waals surface area contributed by atoms with Gasteiger partial charge in [-0.05, 0) is 48.4 Å².